The van der Waals surface area contributed by atoms with Crippen LogP contribution in [0.25, 0.3) is 0 Å². The maximum atomic E-state index is 5.61. The van der Waals surface area contributed by atoms with Gasteiger partial charge in [0, 0.05) is 19.8 Å². The van der Waals surface area contributed by atoms with Crippen molar-refractivity contribution in [2.75, 3.05) is 25.0 Å². The highest BCUT2D eigenvalue weighted by Crippen LogP contribution is 2.48. The van der Waals surface area contributed by atoms with Crippen LogP contribution in [0.15, 0.2) is 12.3 Å². The Morgan fingerprint density at radius 1 is 1.35 bits per heavy atom. The number of aryl methyl sites for hydroxylation is 1. The second-order valence-corrected chi connectivity index (χ2v) is 6.84. The van der Waals surface area contributed by atoms with Crippen molar-refractivity contribution in [2.45, 2.75) is 39.0 Å². The number of nitrogens with two attached hydrogens (primary N) is 1. The van der Waals surface area contributed by atoms with Crippen LogP contribution < -0.4 is 10.6 Å². The smallest absolute Gasteiger partial charge is 0.131 e. The van der Waals surface area contributed by atoms with E-state index in [1.807, 2.05) is 6.20 Å². The number of fused-ring (bicyclic) bond motifs is 2. The highest BCUT2D eigenvalue weighted by Gasteiger charge is 2.39. The molecule has 0 radical (unpaired) electrons. The minimum atomic E-state index is 0.696. The summed E-state index contributed by atoms with van der Waals surface area (Å²) in [6.45, 7) is 4.03. The van der Waals surface area contributed by atoms with E-state index >= 15 is 0 Å². The lowest BCUT2D eigenvalue weighted by atomic mass is 9.88. The van der Waals surface area contributed by atoms with Crippen LogP contribution in [0.5, 0.6) is 0 Å². The molecule has 3 atom stereocenters. The van der Waals surface area contributed by atoms with Crippen LogP contribution in [0.4, 0.5) is 5.82 Å². The van der Waals surface area contributed by atoms with E-state index in [0.29, 0.717) is 6.54 Å². The van der Waals surface area contributed by atoms with Gasteiger partial charge in [0.05, 0.1) is 0 Å². The zero-order valence-corrected chi connectivity index (χ0v) is 12.8. The molecule has 0 spiro atoms. The van der Waals surface area contributed by atoms with Crippen molar-refractivity contribution in [1.82, 2.24) is 4.98 Å². The zero-order valence-electron chi connectivity index (χ0n) is 12.8. The molecule has 20 heavy (non-hydrogen) atoms. The molecule has 0 aromatic carbocycles. The van der Waals surface area contributed by atoms with Gasteiger partial charge >= 0.3 is 0 Å². The standard InChI is InChI=1S/C17H27N3/c1-12-7-14(5-6-18)10-19-17(12)20(2)11-16-9-13-3-4-15(16)8-13/h7,10,13,15-16H,3-6,8-9,11,18H2,1-2H3. The number of anilines is 1. The topological polar surface area (TPSA) is 42.1 Å². The monoisotopic (exact) mass is 273 g/mol. The fourth-order valence-corrected chi connectivity index (χ4v) is 4.37. The maximum Gasteiger partial charge on any atom is 0.131 e. The largest absolute Gasteiger partial charge is 0.359 e. The Kier molecular flexibility index (Phi) is 3.97. The molecule has 0 aliphatic heterocycles. The van der Waals surface area contributed by atoms with Crippen molar-refractivity contribution in [3.05, 3.63) is 23.4 Å². The van der Waals surface area contributed by atoms with E-state index in [1.165, 1.54) is 43.4 Å². The van der Waals surface area contributed by atoms with Crippen LogP contribution in [-0.4, -0.2) is 25.1 Å². The van der Waals surface area contributed by atoms with Crippen LogP contribution in [0.3, 0.4) is 0 Å². The molecule has 1 aromatic rings. The third-order valence-corrected chi connectivity index (χ3v) is 5.29. The van der Waals surface area contributed by atoms with Crippen molar-refractivity contribution in [2.24, 2.45) is 23.5 Å². The van der Waals surface area contributed by atoms with Crippen LogP contribution in [0, 0.1) is 24.7 Å². The maximum absolute atomic E-state index is 5.61. The lowest BCUT2D eigenvalue weighted by Crippen LogP contribution is -2.29. The molecule has 2 saturated carbocycles. The van der Waals surface area contributed by atoms with E-state index in [1.54, 1.807) is 0 Å². The Hall–Kier alpha value is -1.09. The molecule has 3 unspecified atom stereocenters. The fraction of sp³-hybridized carbons (Fsp3) is 0.706. The lowest BCUT2D eigenvalue weighted by Gasteiger charge is -2.28. The molecular formula is C17H27N3. The Morgan fingerprint density at radius 2 is 2.20 bits per heavy atom. The fourth-order valence-electron chi connectivity index (χ4n) is 4.37. The average molecular weight is 273 g/mol. The average Bonchev–Trinajstić information content (AvgIpc) is 3.01. The molecule has 2 aliphatic carbocycles. The molecular weight excluding hydrogens is 246 g/mol. The molecule has 3 rings (SSSR count). The zero-order chi connectivity index (χ0) is 14.1. The Bertz CT molecular complexity index is 471. The lowest BCUT2D eigenvalue weighted by molar-refractivity contribution is 0.337. The van der Waals surface area contributed by atoms with Gasteiger partial charge in [-0.05, 0) is 68.0 Å². The van der Waals surface area contributed by atoms with Crippen molar-refractivity contribution in [1.29, 1.82) is 0 Å². The molecule has 2 aliphatic rings. The van der Waals surface area contributed by atoms with Crippen LogP contribution in [0.2, 0.25) is 0 Å². The Morgan fingerprint density at radius 3 is 2.80 bits per heavy atom. The van der Waals surface area contributed by atoms with Crippen LogP contribution in [-0.2, 0) is 6.42 Å². The first kappa shape index (κ1) is 13.9. The van der Waals surface area contributed by atoms with Gasteiger partial charge in [-0.2, -0.15) is 0 Å². The van der Waals surface area contributed by atoms with Crippen LogP contribution >= 0.6 is 0 Å². The Labute approximate surface area is 122 Å². The predicted molar refractivity (Wildman–Crippen MR) is 83.9 cm³/mol. The van der Waals surface area contributed by atoms with E-state index in [-0.39, 0.29) is 0 Å². The summed E-state index contributed by atoms with van der Waals surface area (Å²) in [5.41, 5.74) is 8.15. The predicted octanol–water partition coefficient (Wildman–Crippen LogP) is 2.76. The molecule has 1 heterocycles. The van der Waals surface area contributed by atoms with Gasteiger partial charge in [-0.15, -0.1) is 0 Å². The summed E-state index contributed by atoms with van der Waals surface area (Å²) in [5.74, 6) is 4.05. The normalized spacial score (nSPS) is 28.1. The highest BCUT2D eigenvalue weighted by molar-refractivity contribution is 5.46. The summed E-state index contributed by atoms with van der Waals surface area (Å²) < 4.78 is 0. The molecule has 2 fully saturated rings. The van der Waals surface area contributed by atoms with Crippen molar-refractivity contribution in [3.8, 4) is 0 Å². The van der Waals surface area contributed by atoms with Gasteiger partial charge in [0.25, 0.3) is 0 Å². The number of nitrogens with zero attached hydrogens (tertiary/aromatic N) is 2. The third-order valence-electron chi connectivity index (χ3n) is 5.29. The Balaban J connectivity index is 1.66. The van der Waals surface area contributed by atoms with Gasteiger partial charge in [-0.25, -0.2) is 4.98 Å². The number of hydrogen-bond acceptors (Lipinski definition) is 3. The molecule has 2 bridgehead atoms. The third kappa shape index (κ3) is 2.69. The van der Waals surface area contributed by atoms with E-state index in [2.05, 4.69) is 29.9 Å². The second-order valence-electron chi connectivity index (χ2n) is 6.84. The molecule has 3 heteroatoms. The van der Waals surface area contributed by atoms with E-state index in [9.17, 15) is 0 Å². The van der Waals surface area contributed by atoms with Gasteiger partial charge in [0.1, 0.15) is 5.82 Å². The van der Waals surface area contributed by atoms with E-state index in [0.717, 1.165) is 30.0 Å². The van der Waals surface area contributed by atoms with Crippen molar-refractivity contribution < 1.29 is 0 Å². The summed E-state index contributed by atoms with van der Waals surface area (Å²) in [6.07, 6.45) is 8.79. The number of hydrogen-bond donors (Lipinski definition) is 1. The first-order valence-electron chi connectivity index (χ1n) is 8.04. The molecule has 0 saturated heterocycles. The first-order chi connectivity index (χ1) is 9.67. The number of pyridine rings is 1. The highest BCUT2D eigenvalue weighted by atomic mass is 15.2. The van der Waals surface area contributed by atoms with Gasteiger partial charge in [0.15, 0.2) is 0 Å². The summed E-state index contributed by atoms with van der Waals surface area (Å²) in [7, 11) is 2.20. The molecule has 3 nitrogen and oxygen atoms in total. The van der Waals surface area contributed by atoms with E-state index < -0.39 is 0 Å². The first-order valence-corrected chi connectivity index (χ1v) is 8.04. The summed E-state index contributed by atoms with van der Waals surface area (Å²) in [6, 6.07) is 2.24. The number of aromatic nitrogens is 1. The summed E-state index contributed by atoms with van der Waals surface area (Å²) in [5, 5.41) is 0. The quantitative estimate of drug-likeness (QED) is 0.897. The minimum absolute atomic E-state index is 0.696. The molecule has 110 valence electrons. The molecule has 1 aromatic heterocycles. The van der Waals surface area contributed by atoms with Gasteiger partial charge in [-0.1, -0.05) is 12.5 Å². The summed E-state index contributed by atoms with van der Waals surface area (Å²) in [4.78, 5) is 7.04. The van der Waals surface area contributed by atoms with Gasteiger partial charge < -0.3 is 10.6 Å². The SMILES string of the molecule is Cc1cc(CCN)cnc1N(C)CC1CC2CCC1C2. The molecule has 2 N–H and O–H groups in total. The van der Waals surface area contributed by atoms with Gasteiger partial charge in [0.2, 0.25) is 0 Å². The number of rotatable bonds is 5. The second kappa shape index (κ2) is 5.72. The van der Waals surface area contributed by atoms with Crippen LogP contribution in [0.1, 0.15) is 36.8 Å². The van der Waals surface area contributed by atoms with Crippen molar-refractivity contribution >= 4 is 5.82 Å². The van der Waals surface area contributed by atoms with Crippen molar-refractivity contribution in [3.63, 3.8) is 0 Å². The van der Waals surface area contributed by atoms with Gasteiger partial charge in [-0.3, -0.25) is 0 Å². The van der Waals surface area contributed by atoms with E-state index in [4.69, 9.17) is 5.73 Å². The summed E-state index contributed by atoms with van der Waals surface area (Å²) >= 11 is 0. The molecule has 0 amide bonds. The minimum Gasteiger partial charge on any atom is -0.359 e.